The maximum absolute atomic E-state index is 5.73. The number of hydrogen-bond donors (Lipinski definition) is 1. The predicted molar refractivity (Wildman–Crippen MR) is 80.2 cm³/mol. The monoisotopic (exact) mass is 323 g/mol. The number of rotatable bonds is 4. The number of ether oxygens (including phenoxy) is 1. The molecule has 2 rings (SSSR count). The van der Waals surface area contributed by atoms with Crippen LogP contribution in [0.15, 0.2) is 22.8 Å². The zero-order valence-corrected chi connectivity index (χ0v) is 13.0. The fourth-order valence-corrected chi connectivity index (χ4v) is 2.77. The highest BCUT2D eigenvalue weighted by Crippen LogP contribution is 2.29. The maximum atomic E-state index is 5.73. The summed E-state index contributed by atoms with van der Waals surface area (Å²) in [7, 11) is 3.67. The molecule has 0 bridgehead atoms. The average Bonchev–Trinajstić information content (AvgIpc) is 2.72. The number of aryl methyl sites for hydroxylation is 1. The topological polar surface area (TPSA) is 53.1 Å². The number of nitrogens with zero attached hydrogens (tertiary/aromatic N) is 2. The van der Waals surface area contributed by atoms with Gasteiger partial charge in [0, 0.05) is 19.2 Å². The van der Waals surface area contributed by atoms with Gasteiger partial charge in [0.15, 0.2) is 0 Å². The molecule has 0 unspecified atom stereocenters. The second-order valence-electron chi connectivity index (χ2n) is 4.32. The van der Waals surface area contributed by atoms with Gasteiger partial charge in [-0.3, -0.25) is 0 Å². The van der Waals surface area contributed by atoms with Crippen LogP contribution in [0, 0.1) is 0 Å². The lowest BCUT2D eigenvalue weighted by atomic mass is 10.1. The third kappa shape index (κ3) is 2.53. The van der Waals surface area contributed by atoms with Gasteiger partial charge in [-0.2, -0.15) is 0 Å². The summed E-state index contributed by atoms with van der Waals surface area (Å²) < 4.78 is 8.18. The highest BCUT2D eigenvalue weighted by atomic mass is 79.9. The Morgan fingerprint density at radius 3 is 2.68 bits per heavy atom. The molecule has 0 saturated heterocycles. The molecule has 5 heteroatoms. The molecule has 0 amide bonds. The number of aromatic nitrogens is 2. The van der Waals surface area contributed by atoms with Crippen LogP contribution in [0.4, 0.5) is 0 Å². The zero-order valence-electron chi connectivity index (χ0n) is 11.4. The Bertz CT molecular complexity index is 593. The third-order valence-corrected chi connectivity index (χ3v) is 3.91. The van der Waals surface area contributed by atoms with Gasteiger partial charge >= 0.3 is 0 Å². The molecule has 2 aromatic rings. The normalized spacial score (nSPS) is 10.8. The van der Waals surface area contributed by atoms with Gasteiger partial charge in [-0.05, 0) is 46.1 Å². The van der Waals surface area contributed by atoms with Crippen LogP contribution in [0.2, 0.25) is 0 Å². The van der Waals surface area contributed by atoms with Crippen molar-refractivity contribution < 1.29 is 4.74 Å². The molecule has 0 aliphatic heterocycles. The Morgan fingerprint density at radius 1 is 1.42 bits per heavy atom. The van der Waals surface area contributed by atoms with Crippen LogP contribution in [-0.4, -0.2) is 16.7 Å². The molecule has 0 saturated carbocycles. The van der Waals surface area contributed by atoms with Crippen LogP contribution >= 0.6 is 15.9 Å². The first-order chi connectivity index (χ1) is 9.12. The molecule has 4 nitrogen and oxygen atoms in total. The van der Waals surface area contributed by atoms with E-state index in [2.05, 4.69) is 33.9 Å². The van der Waals surface area contributed by atoms with E-state index in [-0.39, 0.29) is 0 Å². The second kappa shape index (κ2) is 5.75. The number of benzene rings is 1. The molecule has 1 aromatic heterocycles. The van der Waals surface area contributed by atoms with Gasteiger partial charge in [-0.1, -0.05) is 6.92 Å². The SMILES string of the molecule is CCc1cc(-c2nc(Br)c(CN)n2C)ccc1OC. The fraction of sp³-hybridized carbons (Fsp3) is 0.357. The Labute approximate surface area is 121 Å². The summed E-state index contributed by atoms with van der Waals surface area (Å²) in [5.74, 6) is 1.82. The van der Waals surface area contributed by atoms with E-state index in [0.717, 1.165) is 33.9 Å². The van der Waals surface area contributed by atoms with E-state index in [1.54, 1.807) is 7.11 Å². The summed E-state index contributed by atoms with van der Waals surface area (Å²) in [6, 6.07) is 6.12. The third-order valence-electron chi connectivity index (χ3n) is 3.28. The highest BCUT2D eigenvalue weighted by molar-refractivity contribution is 9.10. The lowest BCUT2D eigenvalue weighted by molar-refractivity contribution is 0.410. The fourth-order valence-electron chi connectivity index (χ4n) is 2.17. The first kappa shape index (κ1) is 14.1. The minimum Gasteiger partial charge on any atom is -0.496 e. The van der Waals surface area contributed by atoms with E-state index in [9.17, 15) is 0 Å². The van der Waals surface area contributed by atoms with Crippen LogP contribution in [0.3, 0.4) is 0 Å². The van der Waals surface area contributed by atoms with Crippen LogP contribution in [0.25, 0.3) is 11.4 Å². The van der Waals surface area contributed by atoms with Crippen molar-refractivity contribution in [3.8, 4) is 17.1 Å². The van der Waals surface area contributed by atoms with Crippen LogP contribution in [0.1, 0.15) is 18.2 Å². The highest BCUT2D eigenvalue weighted by Gasteiger charge is 2.14. The van der Waals surface area contributed by atoms with E-state index in [1.807, 2.05) is 23.7 Å². The van der Waals surface area contributed by atoms with Crippen molar-refractivity contribution in [1.29, 1.82) is 0 Å². The maximum Gasteiger partial charge on any atom is 0.141 e. The number of methoxy groups -OCH3 is 1. The Kier molecular flexibility index (Phi) is 4.27. The number of hydrogen-bond acceptors (Lipinski definition) is 3. The Balaban J connectivity index is 2.53. The summed E-state index contributed by atoms with van der Waals surface area (Å²) in [6.45, 7) is 2.57. The van der Waals surface area contributed by atoms with E-state index < -0.39 is 0 Å². The Hall–Kier alpha value is -1.33. The van der Waals surface area contributed by atoms with Crippen molar-refractivity contribution in [1.82, 2.24) is 9.55 Å². The molecule has 0 radical (unpaired) electrons. The van der Waals surface area contributed by atoms with Crippen LogP contribution in [0.5, 0.6) is 5.75 Å². The van der Waals surface area contributed by atoms with Crippen molar-refractivity contribution in [3.05, 3.63) is 34.1 Å². The van der Waals surface area contributed by atoms with E-state index in [4.69, 9.17) is 10.5 Å². The van der Waals surface area contributed by atoms with Gasteiger partial charge in [0.2, 0.25) is 0 Å². The molecule has 1 aromatic carbocycles. The number of nitrogens with two attached hydrogens (primary N) is 1. The molecular weight excluding hydrogens is 306 g/mol. The van der Waals surface area contributed by atoms with Gasteiger partial charge in [-0.25, -0.2) is 4.98 Å². The van der Waals surface area contributed by atoms with Crippen molar-refractivity contribution in [2.75, 3.05) is 7.11 Å². The van der Waals surface area contributed by atoms with Crippen molar-refractivity contribution >= 4 is 15.9 Å². The van der Waals surface area contributed by atoms with Crippen molar-refractivity contribution in [2.45, 2.75) is 19.9 Å². The molecular formula is C14H18BrN3O. The summed E-state index contributed by atoms with van der Waals surface area (Å²) >= 11 is 3.45. The summed E-state index contributed by atoms with van der Waals surface area (Å²) in [4.78, 5) is 4.54. The van der Waals surface area contributed by atoms with Gasteiger partial charge in [0.25, 0.3) is 0 Å². The average molecular weight is 324 g/mol. The molecule has 0 aliphatic carbocycles. The molecule has 2 N–H and O–H groups in total. The minimum atomic E-state index is 0.459. The van der Waals surface area contributed by atoms with E-state index >= 15 is 0 Å². The van der Waals surface area contributed by atoms with Crippen molar-refractivity contribution in [2.24, 2.45) is 12.8 Å². The van der Waals surface area contributed by atoms with Gasteiger partial charge in [0.05, 0.1) is 12.8 Å². The van der Waals surface area contributed by atoms with Gasteiger partial charge < -0.3 is 15.0 Å². The molecule has 0 fully saturated rings. The summed E-state index contributed by atoms with van der Waals surface area (Å²) in [6.07, 6.45) is 0.923. The van der Waals surface area contributed by atoms with Gasteiger partial charge in [-0.15, -0.1) is 0 Å². The summed E-state index contributed by atoms with van der Waals surface area (Å²) in [5.41, 5.74) is 8.97. The minimum absolute atomic E-state index is 0.459. The predicted octanol–water partition coefficient (Wildman–Crippen LogP) is 2.88. The smallest absolute Gasteiger partial charge is 0.141 e. The van der Waals surface area contributed by atoms with E-state index in [0.29, 0.717) is 6.54 Å². The molecule has 0 atom stereocenters. The standard InChI is InChI=1S/C14H18BrN3O/c1-4-9-7-10(5-6-12(9)19-3)14-17-13(15)11(8-16)18(14)2/h5-7H,4,8,16H2,1-3H3. The molecule has 102 valence electrons. The van der Waals surface area contributed by atoms with Crippen LogP contribution in [-0.2, 0) is 20.0 Å². The zero-order chi connectivity index (χ0) is 14.0. The van der Waals surface area contributed by atoms with Gasteiger partial charge in [0.1, 0.15) is 16.2 Å². The van der Waals surface area contributed by atoms with Crippen LogP contribution < -0.4 is 10.5 Å². The second-order valence-corrected chi connectivity index (χ2v) is 5.07. The Morgan fingerprint density at radius 2 is 2.16 bits per heavy atom. The summed E-state index contributed by atoms with van der Waals surface area (Å²) in [5, 5.41) is 0. The molecule has 0 aliphatic rings. The first-order valence-corrected chi connectivity index (χ1v) is 7.00. The number of imidazole rings is 1. The quantitative estimate of drug-likeness (QED) is 0.941. The van der Waals surface area contributed by atoms with Crippen molar-refractivity contribution in [3.63, 3.8) is 0 Å². The molecule has 19 heavy (non-hydrogen) atoms. The lowest BCUT2D eigenvalue weighted by Crippen LogP contribution is -2.05. The van der Waals surface area contributed by atoms with E-state index in [1.165, 1.54) is 5.56 Å². The molecule has 1 heterocycles. The number of halogens is 1. The molecule has 0 spiro atoms. The largest absolute Gasteiger partial charge is 0.496 e. The first-order valence-electron chi connectivity index (χ1n) is 6.20. The lowest BCUT2D eigenvalue weighted by Gasteiger charge is -2.10.